The van der Waals surface area contributed by atoms with E-state index in [-0.39, 0.29) is 30.1 Å². The molecule has 1 unspecified atom stereocenters. The fourth-order valence-corrected chi connectivity index (χ4v) is 4.50. The second-order valence-corrected chi connectivity index (χ2v) is 8.95. The summed E-state index contributed by atoms with van der Waals surface area (Å²) in [4.78, 5) is 18.1. The molecule has 3 aromatic rings. The second-order valence-electron chi connectivity index (χ2n) is 8.09. The van der Waals surface area contributed by atoms with Gasteiger partial charge < -0.3 is 8.97 Å². The topological polar surface area (TPSA) is 140 Å². The minimum Gasteiger partial charge on any atom is -0.771 e. The largest absolute Gasteiger partial charge is 0.771 e. The van der Waals surface area contributed by atoms with E-state index in [0.29, 0.717) is 24.2 Å². The average molecular weight is 439 g/mol. The third kappa shape index (κ3) is 3.74. The van der Waals surface area contributed by atoms with Crippen LogP contribution in [0, 0.1) is 17.2 Å². The normalized spacial score (nSPS) is 19.0. The molecule has 2 aromatic heterocycles. The molecule has 1 aliphatic carbocycles. The van der Waals surface area contributed by atoms with Crippen LogP contribution in [-0.2, 0) is 21.4 Å². The van der Waals surface area contributed by atoms with Crippen molar-refractivity contribution in [2.45, 2.75) is 24.8 Å². The molecule has 2 aliphatic rings. The number of carbonyl (C=O) groups excluding carboxylic acids is 1. The minimum absolute atomic E-state index is 0.0464. The lowest BCUT2D eigenvalue weighted by molar-refractivity contribution is -0.117. The zero-order valence-corrected chi connectivity index (χ0v) is 17.3. The number of nitriles is 1. The molecule has 2 fully saturated rings. The number of fused-ring (bicyclic) bond motifs is 1. The number of para-hydroxylation sites is 1. The molecule has 1 saturated carbocycles. The Morgan fingerprint density at radius 2 is 2.23 bits per heavy atom. The van der Waals surface area contributed by atoms with Gasteiger partial charge in [0.05, 0.1) is 24.6 Å². The molecule has 11 heteroatoms. The number of likely N-dealkylation sites (tertiary alicyclic amines) is 1. The Balaban J connectivity index is 1.42. The lowest BCUT2D eigenvalue weighted by atomic mass is 9.87. The highest BCUT2D eigenvalue weighted by molar-refractivity contribution is 7.79. The van der Waals surface area contributed by atoms with Crippen LogP contribution in [0.5, 0.6) is 0 Å². The number of anilines is 1. The van der Waals surface area contributed by atoms with Crippen LogP contribution in [0.4, 0.5) is 6.01 Å². The van der Waals surface area contributed by atoms with Crippen molar-refractivity contribution in [3.63, 3.8) is 0 Å². The summed E-state index contributed by atoms with van der Waals surface area (Å²) in [5.41, 5.74) is 2.15. The lowest BCUT2D eigenvalue weighted by Gasteiger charge is -2.49. The summed E-state index contributed by atoms with van der Waals surface area (Å²) in [6.45, 7) is 0.860. The van der Waals surface area contributed by atoms with Gasteiger partial charge in [-0.25, -0.2) is 0 Å². The Morgan fingerprint density at radius 3 is 2.94 bits per heavy atom. The van der Waals surface area contributed by atoms with Gasteiger partial charge in [0.1, 0.15) is 11.1 Å². The van der Waals surface area contributed by atoms with Crippen molar-refractivity contribution in [1.29, 1.82) is 5.26 Å². The van der Waals surface area contributed by atoms with E-state index < -0.39 is 16.6 Å². The first-order valence-corrected chi connectivity index (χ1v) is 11.1. The predicted octanol–water partition coefficient (Wildman–Crippen LogP) is 1.80. The fourth-order valence-electron chi connectivity index (χ4n) is 4.02. The molecule has 10 nitrogen and oxygen atoms in total. The van der Waals surface area contributed by atoms with Crippen LogP contribution in [0.2, 0.25) is 0 Å². The Morgan fingerprint density at radius 1 is 1.42 bits per heavy atom. The van der Waals surface area contributed by atoms with E-state index in [0.717, 1.165) is 24.0 Å². The molecule has 1 aromatic carbocycles. The zero-order chi connectivity index (χ0) is 21.6. The number of oxazole rings is 1. The Kier molecular flexibility index (Phi) is 4.85. The van der Waals surface area contributed by atoms with Crippen molar-refractivity contribution in [3.05, 3.63) is 30.6 Å². The van der Waals surface area contributed by atoms with Crippen molar-refractivity contribution < 1.29 is 18.0 Å². The second kappa shape index (κ2) is 7.56. The molecule has 1 aliphatic heterocycles. The average Bonchev–Trinajstić information content (AvgIpc) is 3.29. The summed E-state index contributed by atoms with van der Waals surface area (Å²) in [5.74, 6) is -0.0911. The van der Waals surface area contributed by atoms with Crippen molar-refractivity contribution in [1.82, 2.24) is 19.7 Å². The Labute approximate surface area is 180 Å². The number of nitrogens with zero attached hydrogens (tertiary/aromatic N) is 5. The van der Waals surface area contributed by atoms with Gasteiger partial charge in [0.2, 0.25) is 5.91 Å². The van der Waals surface area contributed by atoms with Crippen LogP contribution in [0.25, 0.3) is 22.2 Å². The van der Waals surface area contributed by atoms with Gasteiger partial charge in [-0.1, -0.05) is 12.1 Å². The van der Waals surface area contributed by atoms with Gasteiger partial charge in [0.25, 0.3) is 0 Å². The number of nitrogens with one attached hydrogen (secondary N) is 1. The minimum atomic E-state index is -2.17. The Hall–Kier alpha value is -3.07. The van der Waals surface area contributed by atoms with E-state index in [1.807, 2.05) is 24.4 Å². The number of aromatic nitrogens is 3. The van der Waals surface area contributed by atoms with Crippen molar-refractivity contribution >= 4 is 34.1 Å². The fraction of sp³-hybridized carbons (Fsp3) is 0.400. The van der Waals surface area contributed by atoms with Crippen LogP contribution in [0.3, 0.4) is 0 Å². The van der Waals surface area contributed by atoms with Gasteiger partial charge in [-0.05, 0) is 30.0 Å². The summed E-state index contributed by atoms with van der Waals surface area (Å²) in [5, 5.41) is 16.5. The van der Waals surface area contributed by atoms with Gasteiger partial charge >= 0.3 is 6.01 Å². The molecule has 1 N–H and O–H groups in total. The standard InChI is InChI=1S/C20H20N6O4S/c21-7-6-20(10-25(11-20)12-31(28)29)26-9-14(8-22-26)15-2-1-3-16-17(15)30-19(23-16)24-18(27)13-4-5-13/h1-3,8-9,13H,4-6,10-12H2,(H,28,29)(H,23,24,27)/p-1. The van der Waals surface area contributed by atoms with Gasteiger partial charge in [-0.2, -0.15) is 15.3 Å². The van der Waals surface area contributed by atoms with E-state index in [1.54, 1.807) is 15.8 Å². The van der Waals surface area contributed by atoms with Crippen molar-refractivity contribution in [3.8, 4) is 17.2 Å². The van der Waals surface area contributed by atoms with Gasteiger partial charge in [-0.15, -0.1) is 0 Å². The molecule has 1 atom stereocenters. The molecule has 1 amide bonds. The van der Waals surface area contributed by atoms with Crippen molar-refractivity contribution in [2.24, 2.45) is 5.92 Å². The highest BCUT2D eigenvalue weighted by Crippen LogP contribution is 2.36. The third-order valence-electron chi connectivity index (χ3n) is 5.70. The number of hydrogen-bond donors (Lipinski definition) is 1. The number of carbonyl (C=O) groups is 1. The molecule has 0 bridgehead atoms. The maximum atomic E-state index is 12.0. The molecule has 3 heterocycles. The van der Waals surface area contributed by atoms with E-state index in [2.05, 4.69) is 21.5 Å². The number of benzene rings is 1. The van der Waals surface area contributed by atoms with Crippen LogP contribution in [-0.4, -0.2) is 53.3 Å². The van der Waals surface area contributed by atoms with Crippen LogP contribution in [0.1, 0.15) is 19.3 Å². The van der Waals surface area contributed by atoms with Crippen molar-refractivity contribution in [2.75, 3.05) is 24.3 Å². The van der Waals surface area contributed by atoms with Gasteiger partial charge in [0.15, 0.2) is 5.58 Å². The molecular formula is C20H19N6O4S-. The van der Waals surface area contributed by atoms with Gasteiger partial charge in [0, 0.05) is 36.3 Å². The summed E-state index contributed by atoms with van der Waals surface area (Å²) in [7, 11) is 0. The van der Waals surface area contributed by atoms with E-state index in [1.165, 1.54) is 0 Å². The predicted molar refractivity (Wildman–Crippen MR) is 110 cm³/mol. The molecule has 160 valence electrons. The maximum absolute atomic E-state index is 12.0. The maximum Gasteiger partial charge on any atom is 0.302 e. The van der Waals surface area contributed by atoms with E-state index in [9.17, 15) is 18.8 Å². The highest BCUT2D eigenvalue weighted by atomic mass is 32.2. The Bertz CT molecular complexity index is 1220. The summed E-state index contributed by atoms with van der Waals surface area (Å²) in [6, 6.07) is 7.90. The number of rotatable bonds is 7. The monoisotopic (exact) mass is 439 g/mol. The summed E-state index contributed by atoms with van der Waals surface area (Å²) in [6.07, 6.45) is 5.53. The number of hydrogen-bond acceptors (Lipinski definition) is 8. The number of amides is 1. The van der Waals surface area contributed by atoms with Crippen LogP contribution < -0.4 is 5.32 Å². The first kappa shape index (κ1) is 19.9. The molecule has 31 heavy (non-hydrogen) atoms. The smallest absolute Gasteiger partial charge is 0.302 e. The van der Waals surface area contributed by atoms with E-state index in [4.69, 9.17) is 4.42 Å². The molecule has 0 radical (unpaired) electrons. The van der Waals surface area contributed by atoms with Gasteiger partial charge in [-0.3, -0.25) is 23.9 Å². The summed E-state index contributed by atoms with van der Waals surface area (Å²) >= 11 is -2.17. The first-order chi connectivity index (χ1) is 15.0. The third-order valence-corrected chi connectivity index (χ3v) is 6.28. The molecular weight excluding hydrogens is 420 g/mol. The summed E-state index contributed by atoms with van der Waals surface area (Å²) < 4.78 is 29.5. The molecule has 1 saturated heterocycles. The van der Waals surface area contributed by atoms with Crippen LogP contribution in [0.15, 0.2) is 35.0 Å². The van der Waals surface area contributed by atoms with E-state index >= 15 is 0 Å². The lowest BCUT2D eigenvalue weighted by Crippen LogP contribution is -2.63. The zero-order valence-electron chi connectivity index (χ0n) is 16.5. The molecule has 0 spiro atoms. The molecule has 5 rings (SSSR count). The quantitative estimate of drug-likeness (QED) is 0.550. The van der Waals surface area contributed by atoms with Crippen LogP contribution >= 0.6 is 0 Å². The SMILES string of the molecule is N#CCC1(n2cc(-c3cccc4nc(NC(=O)C5CC5)oc34)cn2)CN(CS(=O)[O-])C1. The highest BCUT2D eigenvalue weighted by Gasteiger charge is 2.45. The first-order valence-electron chi connectivity index (χ1n) is 9.88.